The van der Waals surface area contributed by atoms with E-state index in [4.69, 9.17) is 5.73 Å². The van der Waals surface area contributed by atoms with Gasteiger partial charge in [0, 0.05) is 24.9 Å². The summed E-state index contributed by atoms with van der Waals surface area (Å²) in [4.78, 5) is 21.3. The van der Waals surface area contributed by atoms with E-state index in [0.717, 1.165) is 23.8 Å². The molecule has 1 aliphatic carbocycles. The predicted octanol–water partition coefficient (Wildman–Crippen LogP) is 4.97. The molecule has 1 aromatic carbocycles. The number of benzene rings is 1. The van der Waals surface area contributed by atoms with E-state index < -0.39 is 46.1 Å². The molecule has 3 N–H and O–H groups in total. The largest absolute Gasteiger partial charge is 0.388 e. The summed E-state index contributed by atoms with van der Waals surface area (Å²) in [7, 11) is 0. The minimum absolute atomic E-state index is 0.0295. The fraction of sp³-hybridized carbons (Fsp3) is 0.370. The second-order valence-electron chi connectivity index (χ2n) is 9.32. The summed E-state index contributed by atoms with van der Waals surface area (Å²) in [5, 5.41) is 10.9. The molecule has 0 saturated heterocycles. The summed E-state index contributed by atoms with van der Waals surface area (Å²) in [6.07, 6.45) is 5.00. The molecule has 2 aromatic heterocycles. The number of nitrogens with zero attached hydrogens (tertiary/aromatic N) is 2. The van der Waals surface area contributed by atoms with Crippen molar-refractivity contribution in [2.75, 3.05) is 0 Å². The number of hydrogen-bond acceptors (Lipinski definition) is 5. The van der Waals surface area contributed by atoms with Crippen molar-refractivity contribution in [3.05, 3.63) is 83.1 Å². The van der Waals surface area contributed by atoms with Crippen molar-refractivity contribution in [2.24, 2.45) is 11.7 Å². The minimum Gasteiger partial charge on any atom is -0.388 e. The third-order valence-electron chi connectivity index (χ3n) is 7.30. The monoisotopic (exact) mass is 483 g/mol. The summed E-state index contributed by atoms with van der Waals surface area (Å²) in [5.41, 5.74) is 5.74. The fourth-order valence-electron chi connectivity index (χ4n) is 5.21. The minimum atomic E-state index is -0.967. The van der Waals surface area contributed by atoms with Crippen molar-refractivity contribution in [3.8, 4) is 11.3 Å². The Hall–Kier alpha value is -3.10. The summed E-state index contributed by atoms with van der Waals surface area (Å²) >= 11 is 0. The number of aliphatic hydroxyl groups is 1. The zero-order chi connectivity index (χ0) is 25.3. The van der Waals surface area contributed by atoms with E-state index in [2.05, 4.69) is 9.97 Å². The van der Waals surface area contributed by atoms with Crippen molar-refractivity contribution in [1.29, 1.82) is 0 Å². The molecule has 8 heteroatoms. The lowest BCUT2D eigenvalue weighted by molar-refractivity contribution is -0.0652. The molecule has 184 valence electrons. The van der Waals surface area contributed by atoms with Gasteiger partial charge in [0.15, 0.2) is 5.78 Å². The van der Waals surface area contributed by atoms with Gasteiger partial charge in [-0.05, 0) is 72.6 Å². The molecular formula is C27H28F3N3O2. The molecule has 2 heterocycles. The van der Waals surface area contributed by atoms with Gasteiger partial charge < -0.3 is 10.8 Å². The number of ketones is 1. The molecule has 1 aliphatic rings. The molecule has 4 rings (SSSR count). The number of halogens is 3. The van der Waals surface area contributed by atoms with Gasteiger partial charge in [-0.2, -0.15) is 0 Å². The van der Waals surface area contributed by atoms with Gasteiger partial charge in [-0.1, -0.05) is 19.9 Å². The topological polar surface area (TPSA) is 89.1 Å². The number of hydrogen-bond donors (Lipinski definition) is 2. The first-order chi connectivity index (χ1) is 16.7. The highest BCUT2D eigenvalue weighted by molar-refractivity contribution is 5.96. The van der Waals surface area contributed by atoms with Gasteiger partial charge in [0.2, 0.25) is 0 Å². The number of rotatable bonds is 6. The number of pyridine rings is 2. The Morgan fingerprint density at radius 1 is 1.11 bits per heavy atom. The van der Waals surface area contributed by atoms with E-state index in [1.54, 1.807) is 12.4 Å². The molecule has 35 heavy (non-hydrogen) atoms. The lowest BCUT2D eigenvalue weighted by Gasteiger charge is -2.46. The Morgan fingerprint density at radius 3 is 2.49 bits per heavy atom. The van der Waals surface area contributed by atoms with Gasteiger partial charge >= 0.3 is 0 Å². The molecular weight excluding hydrogens is 455 g/mol. The normalized spacial score (nSPS) is 24.4. The molecule has 0 spiro atoms. The Morgan fingerprint density at radius 2 is 1.83 bits per heavy atom. The number of carbonyl (C=O) groups is 1. The van der Waals surface area contributed by atoms with Crippen molar-refractivity contribution in [3.63, 3.8) is 0 Å². The highest BCUT2D eigenvalue weighted by Crippen LogP contribution is 2.43. The summed E-state index contributed by atoms with van der Waals surface area (Å²) in [5.74, 6) is -3.30. The maximum absolute atomic E-state index is 14.4. The molecule has 0 bridgehead atoms. The third-order valence-corrected chi connectivity index (χ3v) is 7.30. The number of Topliss-reactive ketones (excluding diaryl/α,β-unsaturated/α-hetero) is 1. The second kappa shape index (κ2) is 9.87. The zero-order valence-corrected chi connectivity index (χ0v) is 19.6. The van der Waals surface area contributed by atoms with Crippen LogP contribution in [0.1, 0.15) is 60.6 Å². The smallest absolute Gasteiger partial charge is 0.185 e. The lowest BCUT2D eigenvalue weighted by Crippen LogP contribution is -2.56. The van der Waals surface area contributed by atoms with Crippen LogP contribution in [0, 0.1) is 23.4 Å². The highest BCUT2D eigenvalue weighted by Gasteiger charge is 2.44. The Labute approximate surface area is 202 Å². The van der Waals surface area contributed by atoms with Gasteiger partial charge in [-0.3, -0.25) is 9.78 Å². The van der Waals surface area contributed by atoms with Crippen LogP contribution in [0.25, 0.3) is 11.3 Å². The second-order valence-corrected chi connectivity index (χ2v) is 9.32. The SMILES string of the molecule is CC[C@]1(O)[C@H](N)C[C@H](c2ccncc2CC(=O)c2ccc(F)c(-c3c(F)cccc3F)n2)C[C@@H]1C. The highest BCUT2D eigenvalue weighted by atomic mass is 19.1. The van der Waals surface area contributed by atoms with Crippen LogP contribution >= 0.6 is 0 Å². The van der Waals surface area contributed by atoms with Crippen LogP contribution < -0.4 is 5.73 Å². The fourth-order valence-corrected chi connectivity index (χ4v) is 5.21. The van der Waals surface area contributed by atoms with Crippen LogP contribution in [-0.2, 0) is 6.42 Å². The summed E-state index contributed by atoms with van der Waals surface area (Å²) < 4.78 is 42.9. The Bertz CT molecular complexity index is 1220. The molecule has 3 aromatic rings. The van der Waals surface area contributed by atoms with Gasteiger partial charge in [0.1, 0.15) is 28.8 Å². The van der Waals surface area contributed by atoms with Crippen molar-refractivity contribution < 1.29 is 23.1 Å². The Balaban J connectivity index is 1.62. The molecule has 1 fully saturated rings. The van der Waals surface area contributed by atoms with Crippen LogP contribution in [0.3, 0.4) is 0 Å². The van der Waals surface area contributed by atoms with E-state index >= 15 is 0 Å². The van der Waals surface area contributed by atoms with Gasteiger partial charge in [0.05, 0.1) is 11.2 Å². The zero-order valence-electron chi connectivity index (χ0n) is 19.6. The average Bonchev–Trinajstić information content (AvgIpc) is 2.83. The Kier molecular flexibility index (Phi) is 7.05. The summed E-state index contributed by atoms with van der Waals surface area (Å²) in [6.45, 7) is 3.90. The standard InChI is InChI=1S/C27H28F3N3O2/c1-3-27(35)15(2)11-16(13-24(27)31)18-9-10-32-14-17(18)12-23(34)22-8-7-21(30)26(33-22)25-19(28)5-4-6-20(25)29/h4-10,14-16,24,35H,3,11-13,31H2,1-2H3/t15-,16+,24+,27+/m0/s1. The van der Waals surface area contributed by atoms with Gasteiger partial charge in [-0.25, -0.2) is 18.2 Å². The number of carbonyl (C=O) groups excluding carboxylic acids is 1. The number of aromatic nitrogens is 2. The molecule has 5 nitrogen and oxygen atoms in total. The molecule has 0 unspecified atom stereocenters. The quantitative estimate of drug-likeness (QED) is 0.484. The predicted molar refractivity (Wildman–Crippen MR) is 126 cm³/mol. The maximum Gasteiger partial charge on any atom is 0.185 e. The first-order valence-corrected chi connectivity index (χ1v) is 11.7. The number of nitrogens with two attached hydrogens (primary N) is 1. The van der Waals surface area contributed by atoms with Crippen LogP contribution in [0.15, 0.2) is 48.8 Å². The van der Waals surface area contributed by atoms with Crippen LogP contribution in [0.4, 0.5) is 13.2 Å². The first kappa shape index (κ1) is 25.0. The molecule has 0 aliphatic heterocycles. The van der Waals surface area contributed by atoms with Crippen molar-refractivity contribution in [2.45, 2.75) is 57.1 Å². The molecule has 0 amide bonds. The average molecular weight is 484 g/mol. The van der Waals surface area contributed by atoms with E-state index in [0.29, 0.717) is 24.8 Å². The molecule has 0 radical (unpaired) electrons. The van der Waals surface area contributed by atoms with E-state index in [-0.39, 0.29) is 24.0 Å². The van der Waals surface area contributed by atoms with Crippen LogP contribution in [0.5, 0.6) is 0 Å². The third kappa shape index (κ3) is 4.73. The molecule has 1 saturated carbocycles. The van der Waals surface area contributed by atoms with Gasteiger partial charge in [0.25, 0.3) is 0 Å². The first-order valence-electron chi connectivity index (χ1n) is 11.7. The maximum atomic E-state index is 14.4. The van der Waals surface area contributed by atoms with Gasteiger partial charge in [-0.15, -0.1) is 0 Å². The van der Waals surface area contributed by atoms with Crippen LogP contribution in [0.2, 0.25) is 0 Å². The van der Waals surface area contributed by atoms with Crippen molar-refractivity contribution in [1.82, 2.24) is 9.97 Å². The van der Waals surface area contributed by atoms with Crippen LogP contribution in [-0.4, -0.2) is 32.5 Å². The van der Waals surface area contributed by atoms with E-state index in [1.807, 2.05) is 19.9 Å². The lowest BCUT2D eigenvalue weighted by atomic mass is 9.66. The molecule has 4 atom stereocenters. The summed E-state index contributed by atoms with van der Waals surface area (Å²) in [6, 6.07) is 6.81. The van der Waals surface area contributed by atoms with Crippen molar-refractivity contribution >= 4 is 5.78 Å². The van der Waals surface area contributed by atoms with E-state index in [1.165, 1.54) is 12.1 Å². The van der Waals surface area contributed by atoms with E-state index in [9.17, 15) is 23.1 Å².